The third-order valence-corrected chi connectivity index (χ3v) is 2.55. The predicted octanol–water partition coefficient (Wildman–Crippen LogP) is -0.158. The standard InChI is InChI=1S/C13H19N3O3/c1-9(15-12(18)7-14-2)13(19)16-11-6-4-3-5-10(11)8-17/h3-6,9,14,17H,7-8H2,1-2H3,(H,15,18)(H,16,19). The lowest BCUT2D eigenvalue weighted by Gasteiger charge is -2.15. The van der Waals surface area contributed by atoms with E-state index in [1.165, 1.54) is 0 Å². The van der Waals surface area contributed by atoms with Crippen LogP contribution in [0.1, 0.15) is 12.5 Å². The number of para-hydroxylation sites is 1. The van der Waals surface area contributed by atoms with Gasteiger partial charge < -0.3 is 21.1 Å². The number of carbonyl (C=O) groups excluding carboxylic acids is 2. The van der Waals surface area contributed by atoms with E-state index in [4.69, 9.17) is 5.11 Å². The summed E-state index contributed by atoms with van der Waals surface area (Å²) in [5.41, 5.74) is 1.18. The topological polar surface area (TPSA) is 90.5 Å². The van der Waals surface area contributed by atoms with Crippen LogP contribution in [0.3, 0.4) is 0 Å². The van der Waals surface area contributed by atoms with Gasteiger partial charge in [0.05, 0.1) is 13.2 Å². The molecular formula is C13H19N3O3. The Morgan fingerprint density at radius 2 is 2.00 bits per heavy atom. The molecule has 0 aromatic heterocycles. The Labute approximate surface area is 112 Å². The minimum absolute atomic E-state index is 0.156. The molecule has 0 spiro atoms. The number of anilines is 1. The van der Waals surface area contributed by atoms with E-state index in [1.807, 2.05) is 0 Å². The van der Waals surface area contributed by atoms with E-state index < -0.39 is 6.04 Å². The average molecular weight is 265 g/mol. The Morgan fingerprint density at radius 1 is 1.32 bits per heavy atom. The number of amides is 2. The van der Waals surface area contributed by atoms with Crippen LogP contribution in [0.2, 0.25) is 0 Å². The second-order valence-electron chi connectivity index (χ2n) is 4.12. The van der Waals surface area contributed by atoms with Gasteiger partial charge in [-0.25, -0.2) is 0 Å². The number of nitrogens with one attached hydrogen (secondary N) is 3. The van der Waals surface area contributed by atoms with Gasteiger partial charge in [0.15, 0.2) is 0 Å². The van der Waals surface area contributed by atoms with Crippen molar-refractivity contribution in [2.45, 2.75) is 19.6 Å². The van der Waals surface area contributed by atoms with Crippen molar-refractivity contribution in [3.63, 3.8) is 0 Å². The monoisotopic (exact) mass is 265 g/mol. The quantitative estimate of drug-likeness (QED) is 0.575. The molecule has 1 aromatic carbocycles. The first-order valence-corrected chi connectivity index (χ1v) is 6.02. The second-order valence-corrected chi connectivity index (χ2v) is 4.12. The fourth-order valence-electron chi connectivity index (χ4n) is 1.54. The maximum absolute atomic E-state index is 11.9. The molecule has 1 rings (SSSR count). The van der Waals surface area contributed by atoms with E-state index in [0.29, 0.717) is 11.3 Å². The molecule has 0 saturated heterocycles. The number of aliphatic hydroxyl groups is 1. The summed E-state index contributed by atoms with van der Waals surface area (Å²) in [6.45, 7) is 1.60. The molecule has 0 radical (unpaired) electrons. The van der Waals surface area contributed by atoms with Crippen LogP contribution in [0.5, 0.6) is 0 Å². The molecule has 0 saturated carbocycles. The van der Waals surface area contributed by atoms with Gasteiger partial charge in [-0.1, -0.05) is 18.2 Å². The minimum Gasteiger partial charge on any atom is -0.392 e. The Bertz CT molecular complexity index is 449. The molecule has 0 fully saturated rings. The number of carbonyl (C=O) groups is 2. The number of benzene rings is 1. The third-order valence-electron chi connectivity index (χ3n) is 2.55. The summed E-state index contributed by atoms with van der Waals surface area (Å²) in [4.78, 5) is 23.2. The molecule has 2 amide bonds. The van der Waals surface area contributed by atoms with Gasteiger partial charge in [-0.15, -0.1) is 0 Å². The summed E-state index contributed by atoms with van der Waals surface area (Å²) in [5.74, 6) is -0.578. The van der Waals surface area contributed by atoms with Crippen molar-refractivity contribution in [3.8, 4) is 0 Å². The first-order valence-electron chi connectivity index (χ1n) is 6.02. The van der Waals surface area contributed by atoms with Crippen molar-refractivity contribution in [1.29, 1.82) is 0 Å². The highest BCUT2D eigenvalue weighted by Crippen LogP contribution is 2.14. The molecule has 1 atom stereocenters. The van der Waals surface area contributed by atoms with Crippen molar-refractivity contribution in [2.24, 2.45) is 0 Å². The van der Waals surface area contributed by atoms with Gasteiger partial charge in [0.25, 0.3) is 0 Å². The summed E-state index contributed by atoms with van der Waals surface area (Å²) in [5, 5.41) is 17.1. The highest BCUT2D eigenvalue weighted by atomic mass is 16.3. The SMILES string of the molecule is CNCC(=O)NC(C)C(=O)Nc1ccccc1CO. The zero-order chi connectivity index (χ0) is 14.3. The fraction of sp³-hybridized carbons (Fsp3) is 0.385. The number of likely N-dealkylation sites (N-methyl/N-ethyl adjacent to an activating group) is 1. The van der Waals surface area contributed by atoms with Gasteiger partial charge in [-0.3, -0.25) is 9.59 Å². The molecule has 0 aliphatic rings. The summed E-state index contributed by atoms with van der Waals surface area (Å²) in [6, 6.07) is 6.32. The van der Waals surface area contributed by atoms with E-state index in [1.54, 1.807) is 38.2 Å². The molecule has 0 bridgehead atoms. The predicted molar refractivity (Wildman–Crippen MR) is 72.5 cm³/mol. The van der Waals surface area contributed by atoms with Crippen molar-refractivity contribution in [1.82, 2.24) is 10.6 Å². The third kappa shape index (κ3) is 4.69. The molecule has 104 valence electrons. The number of rotatable bonds is 6. The van der Waals surface area contributed by atoms with Crippen molar-refractivity contribution in [2.75, 3.05) is 18.9 Å². The summed E-state index contributed by atoms with van der Waals surface area (Å²) in [6.07, 6.45) is 0. The van der Waals surface area contributed by atoms with Crippen molar-refractivity contribution >= 4 is 17.5 Å². The van der Waals surface area contributed by atoms with Crippen LogP contribution in [-0.2, 0) is 16.2 Å². The maximum Gasteiger partial charge on any atom is 0.246 e. The molecule has 6 heteroatoms. The van der Waals surface area contributed by atoms with Crippen molar-refractivity contribution in [3.05, 3.63) is 29.8 Å². The molecule has 0 heterocycles. The Hall–Kier alpha value is -1.92. The minimum atomic E-state index is -0.646. The highest BCUT2D eigenvalue weighted by Gasteiger charge is 2.16. The van der Waals surface area contributed by atoms with Gasteiger partial charge in [-0.2, -0.15) is 0 Å². The lowest BCUT2D eigenvalue weighted by Crippen LogP contribution is -2.44. The Balaban J connectivity index is 2.61. The molecule has 1 unspecified atom stereocenters. The Morgan fingerprint density at radius 3 is 2.63 bits per heavy atom. The van der Waals surface area contributed by atoms with Crippen LogP contribution in [0, 0.1) is 0 Å². The molecule has 1 aromatic rings. The van der Waals surface area contributed by atoms with Crippen LogP contribution in [0.25, 0.3) is 0 Å². The van der Waals surface area contributed by atoms with E-state index in [2.05, 4.69) is 16.0 Å². The summed E-state index contributed by atoms with van der Waals surface area (Å²) < 4.78 is 0. The number of hydrogen-bond donors (Lipinski definition) is 4. The normalized spacial score (nSPS) is 11.7. The lowest BCUT2D eigenvalue weighted by atomic mass is 10.2. The van der Waals surface area contributed by atoms with E-state index in [9.17, 15) is 9.59 Å². The molecule has 0 aliphatic heterocycles. The lowest BCUT2D eigenvalue weighted by molar-refractivity contribution is -0.125. The first kappa shape index (κ1) is 15.1. The van der Waals surface area contributed by atoms with Crippen LogP contribution in [0.15, 0.2) is 24.3 Å². The summed E-state index contributed by atoms with van der Waals surface area (Å²) in [7, 11) is 1.65. The molecule has 6 nitrogen and oxygen atoms in total. The number of aliphatic hydroxyl groups excluding tert-OH is 1. The van der Waals surface area contributed by atoms with E-state index >= 15 is 0 Å². The zero-order valence-electron chi connectivity index (χ0n) is 11.1. The first-order chi connectivity index (χ1) is 9.08. The maximum atomic E-state index is 11.9. The molecule has 19 heavy (non-hydrogen) atoms. The van der Waals surface area contributed by atoms with Crippen LogP contribution in [-0.4, -0.2) is 36.6 Å². The zero-order valence-corrected chi connectivity index (χ0v) is 11.1. The van der Waals surface area contributed by atoms with Gasteiger partial charge in [0, 0.05) is 11.3 Å². The smallest absolute Gasteiger partial charge is 0.246 e. The van der Waals surface area contributed by atoms with Crippen molar-refractivity contribution < 1.29 is 14.7 Å². The summed E-state index contributed by atoms with van der Waals surface area (Å²) >= 11 is 0. The fourth-order valence-corrected chi connectivity index (χ4v) is 1.54. The van der Waals surface area contributed by atoms with E-state index in [0.717, 1.165) is 0 Å². The van der Waals surface area contributed by atoms with Crippen LogP contribution < -0.4 is 16.0 Å². The average Bonchev–Trinajstić information content (AvgIpc) is 2.39. The van der Waals surface area contributed by atoms with Crippen LogP contribution in [0.4, 0.5) is 5.69 Å². The Kier molecular flexibility index (Phi) is 5.98. The largest absolute Gasteiger partial charge is 0.392 e. The van der Waals surface area contributed by atoms with E-state index in [-0.39, 0.29) is 25.0 Å². The number of hydrogen-bond acceptors (Lipinski definition) is 4. The van der Waals surface area contributed by atoms with Gasteiger partial charge in [0.2, 0.25) is 11.8 Å². The second kappa shape index (κ2) is 7.50. The molecular weight excluding hydrogens is 246 g/mol. The van der Waals surface area contributed by atoms with Gasteiger partial charge >= 0.3 is 0 Å². The van der Waals surface area contributed by atoms with Crippen LogP contribution >= 0.6 is 0 Å². The van der Waals surface area contributed by atoms with Gasteiger partial charge in [-0.05, 0) is 20.0 Å². The van der Waals surface area contributed by atoms with Gasteiger partial charge in [0.1, 0.15) is 6.04 Å². The molecule has 4 N–H and O–H groups in total. The highest BCUT2D eigenvalue weighted by molar-refractivity contribution is 5.97. The molecule has 0 aliphatic carbocycles.